The van der Waals surface area contributed by atoms with Crippen LogP contribution in [0.25, 0.3) is 21.5 Å². The highest BCUT2D eigenvalue weighted by Crippen LogP contribution is 2.51. The molecule has 4 aromatic rings. The standard InChI is InChI=1S/C44H48ClN2O2.C4BN4/c1-43(2)38(46(26-28-48-5)36-22-18-30-12-7-9-16-34(30)40(36)43)24-20-32-14-11-15-33(42(32)45)21-25-39-44(3,4)41-35-17-10-8-13-31(35)19-23-37(41)47(39)27-29-49-6;6-1-5(2-7,3-8)4-9/h7-10,12-13,16-25H,11,14-15,26-29H2,1-6H3;/q+1;-1. The van der Waals surface area contributed by atoms with E-state index < -0.39 is 6.15 Å². The van der Waals surface area contributed by atoms with Crippen molar-refractivity contribution < 1.29 is 14.0 Å². The molecule has 0 spiro atoms. The first-order valence-electron chi connectivity index (χ1n) is 19.7. The van der Waals surface area contributed by atoms with Crippen molar-refractivity contribution in [2.24, 2.45) is 0 Å². The van der Waals surface area contributed by atoms with Crippen LogP contribution in [0.15, 0.2) is 119 Å². The Balaban J connectivity index is 0.000000565. The molecular formula is C48H48BClN6O2. The summed E-state index contributed by atoms with van der Waals surface area (Å²) in [4.78, 5) is 2.44. The molecule has 4 aromatic carbocycles. The van der Waals surface area contributed by atoms with Gasteiger partial charge in [-0.3, -0.25) is 0 Å². The van der Waals surface area contributed by atoms with Crippen LogP contribution in [0.2, 0.25) is 0 Å². The minimum atomic E-state index is -2.72. The number of hydrogen-bond donors (Lipinski definition) is 0. The maximum absolute atomic E-state index is 8.09. The van der Waals surface area contributed by atoms with Gasteiger partial charge in [-0.15, -0.1) is 23.9 Å². The first-order chi connectivity index (χ1) is 27.9. The van der Waals surface area contributed by atoms with Crippen molar-refractivity contribution in [1.29, 1.82) is 21.0 Å². The Morgan fingerprint density at radius 1 is 0.741 bits per heavy atom. The molecular weight excluding hydrogens is 739 g/mol. The molecule has 0 N–H and O–H groups in total. The number of benzene rings is 4. The van der Waals surface area contributed by atoms with Crippen molar-refractivity contribution in [3.05, 3.63) is 130 Å². The third kappa shape index (κ3) is 7.58. The van der Waals surface area contributed by atoms with E-state index in [1.54, 1.807) is 14.2 Å². The molecule has 0 aromatic heterocycles. The van der Waals surface area contributed by atoms with Gasteiger partial charge in [0.2, 0.25) is 5.69 Å². The summed E-state index contributed by atoms with van der Waals surface area (Å²) in [5.41, 5.74) is 9.88. The van der Waals surface area contributed by atoms with Crippen molar-refractivity contribution in [3.63, 3.8) is 0 Å². The van der Waals surface area contributed by atoms with Gasteiger partial charge in [0.25, 0.3) is 0 Å². The van der Waals surface area contributed by atoms with Gasteiger partial charge < -0.3 is 14.4 Å². The Morgan fingerprint density at radius 3 is 1.95 bits per heavy atom. The summed E-state index contributed by atoms with van der Waals surface area (Å²) in [6.45, 7) is 12.3. The van der Waals surface area contributed by atoms with Crippen LogP contribution in [0.4, 0.5) is 11.4 Å². The zero-order valence-corrected chi connectivity index (χ0v) is 34.9. The number of nitriles is 4. The van der Waals surface area contributed by atoms with Crippen LogP contribution in [-0.2, 0) is 20.3 Å². The van der Waals surface area contributed by atoms with Gasteiger partial charge in [0, 0.05) is 60.3 Å². The lowest BCUT2D eigenvalue weighted by Crippen LogP contribution is -2.29. The SMILES string of the molecule is COCCN1/C(=C/C=C2\CCCC(/C=C/C3=[N+](CCOC)c4ccc5ccccc5c4C3(C)C)=C2Cl)C(C)(C)c2c1ccc1ccccc21.N#C[B-](C#N)(C#N)C#N. The molecule has 2 heterocycles. The molecule has 0 unspecified atom stereocenters. The number of rotatable bonds is 9. The summed E-state index contributed by atoms with van der Waals surface area (Å²) in [5.74, 6) is 5.38. The van der Waals surface area contributed by atoms with Crippen molar-refractivity contribution >= 4 is 56.4 Å². The Kier molecular flexibility index (Phi) is 12.4. The number of methoxy groups -OCH3 is 2. The highest BCUT2D eigenvalue weighted by Gasteiger charge is 2.45. The molecule has 0 bridgehead atoms. The lowest BCUT2D eigenvalue weighted by molar-refractivity contribution is -0.441. The second-order valence-corrected chi connectivity index (χ2v) is 16.3. The van der Waals surface area contributed by atoms with E-state index >= 15 is 0 Å². The highest BCUT2D eigenvalue weighted by atomic mass is 35.5. The van der Waals surface area contributed by atoms with Crippen LogP contribution >= 0.6 is 11.6 Å². The van der Waals surface area contributed by atoms with E-state index in [9.17, 15) is 0 Å². The van der Waals surface area contributed by atoms with Gasteiger partial charge in [-0.25, -0.2) is 21.0 Å². The largest absolute Gasteiger partial charge is 0.383 e. The average Bonchev–Trinajstić information content (AvgIpc) is 3.60. The smallest absolute Gasteiger partial charge is 0.383 e. The summed E-state index contributed by atoms with van der Waals surface area (Å²) in [7, 11) is 3.55. The van der Waals surface area contributed by atoms with Crippen LogP contribution in [0.3, 0.4) is 0 Å². The maximum Gasteiger partial charge on any atom is 0.383 e. The third-order valence-electron chi connectivity index (χ3n) is 11.7. The van der Waals surface area contributed by atoms with Crippen molar-refractivity contribution in [1.82, 2.24) is 0 Å². The fourth-order valence-electron chi connectivity index (χ4n) is 8.66. The Bertz CT molecular complexity index is 2550. The second-order valence-electron chi connectivity index (χ2n) is 15.9. The molecule has 0 radical (unpaired) electrons. The number of halogens is 1. The van der Waals surface area contributed by atoms with Gasteiger partial charge in [-0.2, -0.15) is 4.58 Å². The molecule has 0 atom stereocenters. The van der Waals surface area contributed by atoms with Crippen LogP contribution < -0.4 is 4.90 Å². The minimum Gasteiger partial charge on any atom is -0.383 e. The average molecular weight is 787 g/mol. The Morgan fingerprint density at radius 2 is 1.34 bits per heavy atom. The van der Waals surface area contributed by atoms with Crippen molar-refractivity contribution in [3.8, 4) is 23.9 Å². The molecule has 3 aliphatic rings. The normalized spacial score (nSPS) is 18.2. The van der Waals surface area contributed by atoms with E-state index in [4.69, 9.17) is 42.1 Å². The number of ether oxygens (including phenoxy) is 2. The summed E-state index contributed by atoms with van der Waals surface area (Å²) >= 11 is 7.29. The molecule has 1 aliphatic carbocycles. The molecule has 2 aliphatic heterocycles. The van der Waals surface area contributed by atoms with E-state index in [-0.39, 0.29) is 10.8 Å². The molecule has 0 saturated heterocycles. The number of fused-ring (bicyclic) bond motifs is 6. The molecule has 7 rings (SSSR count). The van der Waals surface area contributed by atoms with Crippen molar-refractivity contribution in [2.45, 2.75) is 57.8 Å². The first kappa shape index (κ1) is 41.7. The summed E-state index contributed by atoms with van der Waals surface area (Å²) < 4.78 is 13.6. The van der Waals surface area contributed by atoms with E-state index in [0.29, 0.717) is 13.2 Å². The summed E-state index contributed by atoms with van der Waals surface area (Å²) in [6, 6.07) is 26.5. The molecule has 58 heavy (non-hydrogen) atoms. The van der Waals surface area contributed by atoms with Gasteiger partial charge in [-0.1, -0.05) is 92.2 Å². The number of hydrogen-bond acceptors (Lipinski definition) is 7. The lowest BCUT2D eigenvalue weighted by atomic mass is 9.30. The zero-order valence-electron chi connectivity index (χ0n) is 34.1. The van der Waals surface area contributed by atoms with Gasteiger partial charge in [0.1, 0.15) is 6.61 Å². The lowest BCUT2D eigenvalue weighted by Gasteiger charge is -2.27. The molecule has 8 nitrogen and oxygen atoms in total. The number of allylic oxidation sites excluding steroid dienone is 8. The van der Waals surface area contributed by atoms with Crippen LogP contribution in [0.1, 0.15) is 58.1 Å². The number of anilines is 1. The quantitative estimate of drug-likeness (QED) is 0.122. The maximum atomic E-state index is 8.09. The topological polar surface area (TPSA) is 120 Å². The van der Waals surface area contributed by atoms with Crippen LogP contribution in [-0.4, -0.2) is 57.0 Å². The molecule has 0 amide bonds. The van der Waals surface area contributed by atoms with E-state index in [0.717, 1.165) is 37.4 Å². The first-order valence-corrected chi connectivity index (χ1v) is 20.0. The van der Waals surface area contributed by atoms with Gasteiger partial charge in [0.15, 0.2) is 12.3 Å². The zero-order chi connectivity index (χ0) is 41.7. The predicted molar refractivity (Wildman–Crippen MR) is 235 cm³/mol. The number of nitrogens with zero attached hydrogens (tertiary/aromatic N) is 6. The van der Waals surface area contributed by atoms with E-state index in [2.05, 4.69) is 134 Å². The van der Waals surface area contributed by atoms with Gasteiger partial charge >= 0.3 is 6.15 Å². The van der Waals surface area contributed by atoms with Crippen LogP contribution in [0, 0.1) is 44.9 Å². The highest BCUT2D eigenvalue weighted by molar-refractivity contribution is 7.05. The predicted octanol–water partition coefficient (Wildman–Crippen LogP) is 10.2. The molecule has 0 fully saturated rings. The van der Waals surface area contributed by atoms with Crippen LogP contribution in [0.5, 0.6) is 0 Å². The fraction of sp³-hybridized carbons (Fsp3) is 0.312. The summed E-state index contributed by atoms with van der Waals surface area (Å²) in [5, 5.41) is 38.4. The molecule has 292 valence electrons. The van der Waals surface area contributed by atoms with Gasteiger partial charge in [-0.05, 0) is 89.6 Å². The third-order valence-corrected chi connectivity index (χ3v) is 12.1. The monoisotopic (exact) mass is 786 g/mol. The van der Waals surface area contributed by atoms with Gasteiger partial charge in [0.05, 0.1) is 12.0 Å². The fourth-order valence-corrected chi connectivity index (χ4v) is 8.97. The Labute approximate surface area is 347 Å². The summed E-state index contributed by atoms with van der Waals surface area (Å²) in [6.07, 6.45) is 9.47. The van der Waals surface area contributed by atoms with Crippen molar-refractivity contribution in [2.75, 3.05) is 45.4 Å². The second kappa shape index (κ2) is 17.3. The minimum absolute atomic E-state index is 0.176. The molecule has 0 saturated carbocycles. The van der Waals surface area contributed by atoms with E-state index in [1.165, 1.54) is 90.5 Å². The van der Waals surface area contributed by atoms with E-state index in [1.807, 2.05) is 0 Å². The molecule has 10 heteroatoms. The Hall–Kier alpha value is -5.94.